The lowest BCUT2D eigenvalue weighted by Crippen LogP contribution is -2.14. The lowest BCUT2D eigenvalue weighted by molar-refractivity contribution is 0.0451. The van der Waals surface area contributed by atoms with Crippen LogP contribution in [0.1, 0.15) is 10.4 Å². The second kappa shape index (κ2) is 9.24. The monoisotopic (exact) mass is 364 g/mol. The molecule has 0 saturated carbocycles. The number of rotatable bonds is 8. The summed E-state index contributed by atoms with van der Waals surface area (Å²) < 4.78 is 16.1. The third-order valence-corrected chi connectivity index (χ3v) is 3.72. The van der Waals surface area contributed by atoms with E-state index in [0.29, 0.717) is 22.8 Å². The molecule has 0 amide bonds. The minimum atomic E-state index is -0.475. The van der Waals surface area contributed by atoms with Gasteiger partial charge >= 0.3 is 5.97 Å². The van der Waals surface area contributed by atoms with Gasteiger partial charge in [-0.1, -0.05) is 30.3 Å². The van der Waals surface area contributed by atoms with Gasteiger partial charge in [0, 0.05) is 6.20 Å². The third kappa shape index (κ3) is 4.98. The first-order valence-electron chi connectivity index (χ1n) is 8.48. The highest BCUT2D eigenvalue weighted by Crippen LogP contribution is 2.27. The molecule has 6 nitrogen and oxygen atoms in total. The Morgan fingerprint density at radius 1 is 0.963 bits per heavy atom. The number of methoxy groups -OCH3 is 1. The third-order valence-electron chi connectivity index (χ3n) is 3.72. The van der Waals surface area contributed by atoms with Crippen LogP contribution in [0.3, 0.4) is 0 Å². The number of hydrogen-bond acceptors (Lipinski definition) is 6. The average molecular weight is 364 g/mol. The predicted octanol–water partition coefficient (Wildman–Crippen LogP) is 4.07. The number of pyridine rings is 1. The smallest absolute Gasteiger partial charge is 0.342 e. The molecular weight excluding hydrogens is 344 g/mol. The summed E-state index contributed by atoms with van der Waals surface area (Å²) >= 11 is 0. The Balaban J connectivity index is 1.62. The Labute approximate surface area is 157 Å². The maximum absolute atomic E-state index is 12.4. The van der Waals surface area contributed by atoms with E-state index in [2.05, 4.69) is 10.3 Å². The van der Waals surface area contributed by atoms with Crippen molar-refractivity contribution in [1.29, 1.82) is 0 Å². The number of carbonyl (C=O) groups excluding carboxylic acids is 1. The van der Waals surface area contributed by atoms with Gasteiger partial charge < -0.3 is 19.5 Å². The topological polar surface area (TPSA) is 69.7 Å². The van der Waals surface area contributed by atoms with Gasteiger partial charge in [0.2, 0.25) is 0 Å². The van der Waals surface area contributed by atoms with Gasteiger partial charge in [-0.2, -0.15) is 0 Å². The molecule has 1 aromatic heterocycles. The summed E-state index contributed by atoms with van der Waals surface area (Å²) in [6.07, 6.45) is 1.60. The lowest BCUT2D eigenvalue weighted by Gasteiger charge is -2.13. The van der Waals surface area contributed by atoms with Crippen molar-refractivity contribution < 1.29 is 19.0 Å². The molecule has 3 aromatic rings. The molecule has 0 spiro atoms. The van der Waals surface area contributed by atoms with E-state index in [-0.39, 0.29) is 13.2 Å². The van der Waals surface area contributed by atoms with Crippen molar-refractivity contribution in [2.24, 2.45) is 0 Å². The van der Waals surface area contributed by atoms with Gasteiger partial charge in [-0.05, 0) is 36.4 Å². The molecule has 1 heterocycles. The molecule has 138 valence electrons. The fourth-order valence-corrected chi connectivity index (χ4v) is 2.43. The van der Waals surface area contributed by atoms with Gasteiger partial charge in [-0.25, -0.2) is 9.78 Å². The molecule has 27 heavy (non-hydrogen) atoms. The van der Waals surface area contributed by atoms with Crippen molar-refractivity contribution in [2.75, 3.05) is 25.6 Å². The van der Waals surface area contributed by atoms with Crippen molar-refractivity contribution >= 4 is 17.5 Å². The number of aromatic nitrogens is 1. The van der Waals surface area contributed by atoms with Crippen LogP contribution in [0, 0.1) is 0 Å². The van der Waals surface area contributed by atoms with Crippen LogP contribution < -0.4 is 14.8 Å². The first-order chi connectivity index (χ1) is 13.3. The Morgan fingerprint density at radius 2 is 1.74 bits per heavy atom. The molecule has 2 aromatic carbocycles. The van der Waals surface area contributed by atoms with Gasteiger partial charge in [0.25, 0.3) is 0 Å². The highest BCUT2D eigenvalue weighted by atomic mass is 16.6. The summed E-state index contributed by atoms with van der Waals surface area (Å²) in [5.41, 5.74) is 1.04. The molecular formula is C21H20N2O4. The highest BCUT2D eigenvalue weighted by molar-refractivity contribution is 5.95. The average Bonchev–Trinajstić information content (AvgIpc) is 2.72. The summed E-state index contributed by atoms with van der Waals surface area (Å²) in [5.74, 6) is 1.31. The van der Waals surface area contributed by atoms with Crippen LogP contribution in [-0.2, 0) is 4.74 Å². The number of benzene rings is 2. The zero-order valence-corrected chi connectivity index (χ0v) is 14.9. The van der Waals surface area contributed by atoms with Crippen LogP contribution in [0.2, 0.25) is 0 Å². The second-order valence-electron chi connectivity index (χ2n) is 5.52. The first kappa shape index (κ1) is 18.3. The van der Waals surface area contributed by atoms with Gasteiger partial charge in [0.1, 0.15) is 36.1 Å². The van der Waals surface area contributed by atoms with Crippen molar-refractivity contribution in [1.82, 2.24) is 4.98 Å². The van der Waals surface area contributed by atoms with E-state index in [1.54, 1.807) is 25.4 Å². The van der Waals surface area contributed by atoms with Crippen molar-refractivity contribution in [3.8, 4) is 11.5 Å². The normalized spacial score (nSPS) is 10.1. The Morgan fingerprint density at radius 3 is 2.56 bits per heavy atom. The quantitative estimate of drug-likeness (QED) is 0.480. The van der Waals surface area contributed by atoms with Crippen LogP contribution in [0.4, 0.5) is 11.5 Å². The van der Waals surface area contributed by atoms with E-state index in [4.69, 9.17) is 14.2 Å². The molecule has 1 N–H and O–H groups in total. The number of carbonyl (C=O) groups is 1. The van der Waals surface area contributed by atoms with Crippen LogP contribution in [0.5, 0.6) is 11.5 Å². The van der Waals surface area contributed by atoms with Gasteiger partial charge in [0.15, 0.2) is 0 Å². The fraction of sp³-hybridized carbons (Fsp3) is 0.143. The number of esters is 1. The second-order valence-corrected chi connectivity index (χ2v) is 5.52. The summed E-state index contributed by atoms with van der Waals surface area (Å²) in [7, 11) is 1.58. The van der Waals surface area contributed by atoms with E-state index in [9.17, 15) is 4.79 Å². The lowest BCUT2D eigenvalue weighted by atomic mass is 10.2. The Kier molecular flexibility index (Phi) is 6.25. The largest absolute Gasteiger partial charge is 0.495 e. The van der Waals surface area contributed by atoms with Crippen LogP contribution in [0.25, 0.3) is 0 Å². The maximum Gasteiger partial charge on any atom is 0.342 e. The molecule has 3 rings (SSSR count). The molecule has 0 aliphatic rings. The molecule has 6 heteroatoms. The Hall–Kier alpha value is -3.54. The summed E-state index contributed by atoms with van der Waals surface area (Å²) in [5, 5.41) is 3.12. The van der Waals surface area contributed by atoms with Crippen LogP contribution >= 0.6 is 0 Å². The summed E-state index contributed by atoms with van der Waals surface area (Å²) in [6, 6.07) is 20.1. The molecule has 0 unspecified atom stereocenters. The van der Waals surface area contributed by atoms with E-state index in [1.807, 2.05) is 54.6 Å². The maximum atomic E-state index is 12.4. The zero-order chi connectivity index (χ0) is 18.9. The van der Waals surface area contributed by atoms with Crippen molar-refractivity contribution in [3.63, 3.8) is 0 Å². The molecule has 0 atom stereocenters. The summed E-state index contributed by atoms with van der Waals surface area (Å²) in [6.45, 7) is 0.405. The predicted molar refractivity (Wildman–Crippen MR) is 103 cm³/mol. The standard InChI is InChI=1S/C21H20N2O4/c1-25-19-12-6-5-11-18(19)23-20-17(10-7-13-22-20)21(24)27-15-14-26-16-8-3-2-4-9-16/h2-13H,14-15H2,1H3,(H,22,23). The van der Waals surface area contributed by atoms with E-state index >= 15 is 0 Å². The molecule has 0 fully saturated rings. The summed E-state index contributed by atoms with van der Waals surface area (Å²) in [4.78, 5) is 16.7. The number of nitrogens with zero attached hydrogens (tertiary/aromatic N) is 1. The Bertz CT molecular complexity index is 884. The first-order valence-corrected chi connectivity index (χ1v) is 8.48. The fourth-order valence-electron chi connectivity index (χ4n) is 2.43. The number of anilines is 2. The van der Waals surface area contributed by atoms with Crippen LogP contribution in [0.15, 0.2) is 72.9 Å². The molecule has 0 bridgehead atoms. The van der Waals surface area contributed by atoms with Gasteiger partial charge in [-0.15, -0.1) is 0 Å². The minimum absolute atomic E-state index is 0.136. The van der Waals surface area contributed by atoms with Crippen LogP contribution in [-0.4, -0.2) is 31.3 Å². The molecule has 0 saturated heterocycles. The van der Waals surface area contributed by atoms with E-state index < -0.39 is 5.97 Å². The molecule has 0 aliphatic carbocycles. The zero-order valence-electron chi connectivity index (χ0n) is 14.9. The van der Waals surface area contributed by atoms with Crippen molar-refractivity contribution in [3.05, 3.63) is 78.5 Å². The van der Waals surface area contributed by atoms with Gasteiger partial charge in [0.05, 0.1) is 12.8 Å². The number of nitrogens with one attached hydrogen (secondary N) is 1. The SMILES string of the molecule is COc1ccccc1Nc1ncccc1C(=O)OCCOc1ccccc1. The number of ether oxygens (including phenoxy) is 3. The minimum Gasteiger partial charge on any atom is -0.495 e. The molecule has 0 aliphatic heterocycles. The van der Waals surface area contributed by atoms with E-state index in [0.717, 1.165) is 5.75 Å². The van der Waals surface area contributed by atoms with Crippen molar-refractivity contribution in [2.45, 2.75) is 0 Å². The number of para-hydroxylation sites is 3. The molecule has 0 radical (unpaired) electrons. The van der Waals surface area contributed by atoms with E-state index in [1.165, 1.54) is 0 Å². The number of hydrogen-bond donors (Lipinski definition) is 1. The van der Waals surface area contributed by atoms with Gasteiger partial charge in [-0.3, -0.25) is 0 Å². The highest BCUT2D eigenvalue weighted by Gasteiger charge is 2.15.